The highest BCUT2D eigenvalue weighted by Gasteiger charge is 2.19. The highest BCUT2D eigenvalue weighted by Crippen LogP contribution is 2.40. The molecule has 2 aromatic carbocycles. The summed E-state index contributed by atoms with van der Waals surface area (Å²) in [4.78, 5) is 21.6. The second-order valence-electron chi connectivity index (χ2n) is 7.61. The van der Waals surface area contributed by atoms with Crippen molar-refractivity contribution >= 4 is 28.3 Å². The van der Waals surface area contributed by atoms with Crippen LogP contribution in [0.25, 0.3) is 33.2 Å². The molecule has 0 saturated heterocycles. The third-order valence-corrected chi connectivity index (χ3v) is 5.86. The van der Waals surface area contributed by atoms with E-state index in [1.54, 1.807) is 12.4 Å². The lowest BCUT2D eigenvalue weighted by atomic mass is 9.89. The summed E-state index contributed by atoms with van der Waals surface area (Å²) in [5, 5.41) is 10.7. The first kappa shape index (κ1) is 21.2. The summed E-state index contributed by atoms with van der Waals surface area (Å²) in [6, 6.07) is 15.5. The van der Waals surface area contributed by atoms with Crippen LogP contribution in [-0.2, 0) is 0 Å². The first-order chi connectivity index (χ1) is 15.0. The van der Waals surface area contributed by atoms with Gasteiger partial charge in [0.2, 0.25) is 0 Å². The average molecular weight is 431 g/mol. The number of halogens is 1. The number of benzene rings is 2. The van der Waals surface area contributed by atoms with Crippen molar-refractivity contribution in [1.82, 2.24) is 9.97 Å². The van der Waals surface area contributed by atoms with Gasteiger partial charge in [0.15, 0.2) is 5.78 Å². The molecule has 0 saturated carbocycles. The Labute approximate surface area is 186 Å². The molecule has 0 spiro atoms. The van der Waals surface area contributed by atoms with Gasteiger partial charge in [0.25, 0.3) is 0 Å². The summed E-state index contributed by atoms with van der Waals surface area (Å²) in [5.74, 6) is -0.0854. The molecule has 156 valence electrons. The van der Waals surface area contributed by atoms with Crippen molar-refractivity contribution < 1.29 is 9.90 Å². The number of aliphatic hydroxyl groups excluding tert-OH is 1. The van der Waals surface area contributed by atoms with Gasteiger partial charge in [0.05, 0.1) is 5.52 Å². The molecule has 0 aliphatic rings. The van der Waals surface area contributed by atoms with Crippen molar-refractivity contribution in [2.75, 3.05) is 6.61 Å². The Morgan fingerprint density at radius 1 is 1.03 bits per heavy atom. The van der Waals surface area contributed by atoms with Crippen molar-refractivity contribution in [2.24, 2.45) is 0 Å². The van der Waals surface area contributed by atoms with E-state index in [4.69, 9.17) is 21.7 Å². The summed E-state index contributed by atoms with van der Waals surface area (Å²) in [6.45, 7) is 4.11. The molecule has 0 bridgehead atoms. The number of pyridine rings is 2. The highest BCUT2D eigenvalue weighted by molar-refractivity contribution is 6.33. The molecule has 0 unspecified atom stereocenters. The van der Waals surface area contributed by atoms with Gasteiger partial charge in [-0.05, 0) is 78.4 Å². The zero-order valence-electron chi connectivity index (χ0n) is 17.5. The molecule has 0 fully saturated rings. The summed E-state index contributed by atoms with van der Waals surface area (Å²) >= 11 is 6.57. The minimum Gasteiger partial charge on any atom is -0.396 e. The number of rotatable bonds is 6. The minimum atomic E-state index is -0.0854. The van der Waals surface area contributed by atoms with Crippen LogP contribution in [-0.4, -0.2) is 27.5 Å². The topological polar surface area (TPSA) is 63.1 Å². The van der Waals surface area contributed by atoms with Crippen LogP contribution in [0.4, 0.5) is 0 Å². The second-order valence-corrected chi connectivity index (χ2v) is 8.02. The number of aliphatic hydroxyl groups is 1. The van der Waals surface area contributed by atoms with Crippen LogP contribution in [0.15, 0.2) is 60.9 Å². The Morgan fingerprint density at radius 2 is 1.77 bits per heavy atom. The summed E-state index contributed by atoms with van der Waals surface area (Å²) in [6.07, 6.45) is 4.24. The van der Waals surface area contributed by atoms with Gasteiger partial charge in [-0.25, -0.2) is 4.98 Å². The molecule has 31 heavy (non-hydrogen) atoms. The van der Waals surface area contributed by atoms with Gasteiger partial charge >= 0.3 is 0 Å². The number of hydrogen-bond donors (Lipinski definition) is 1. The fourth-order valence-electron chi connectivity index (χ4n) is 4.13. The molecular formula is C26H23ClN2O2. The van der Waals surface area contributed by atoms with Crippen LogP contribution in [0.3, 0.4) is 0 Å². The number of aryl methyl sites for hydroxylation is 2. The third kappa shape index (κ3) is 4.09. The predicted octanol–water partition coefficient (Wildman–Crippen LogP) is 6.19. The third-order valence-electron chi connectivity index (χ3n) is 5.53. The minimum absolute atomic E-state index is 0.0236. The zero-order valence-corrected chi connectivity index (χ0v) is 18.3. The van der Waals surface area contributed by atoms with Gasteiger partial charge in [-0.1, -0.05) is 29.8 Å². The summed E-state index contributed by atoms with van der Waals surface area (Å²) in [5.41, 5.74) is 7.27. The van der Waals surface area contributed by atoms with Gasteiger partial charge in [-0.15, -0.1) is 0 Å². The van der Waals surface area contributed by atoms with E-state index >= 15 is 0 Å². The number of ketones is 1. The van der Waals surface area contributed by atoms with E-state index in [0.717, 1.165) is 44.3 Å². The van der Waals surface area contributed by atoms with Crippen molar-refractivity contribution in [3.63, 3.8) is 0 Å². The second kappa shape index (κ2) is 8.96. The Morgan fingerprint density at radius 3 is 2.48 bits per heavy atom. The maximum atomic E-state index is 12.8. The lowest BCUT2D eigenvalue weighted by Crippen LogP contribution is -2.05. The summed E-state index contributed by atoms with van der Waals surface area (Å²) in [7, 11) is 0. The zero-order chi connectivity index (χ0) is 22.0. The molecule has 0 aliphatic carbocycles. The van der Waals surface area contributed by atoms with E-state index in [-0.39, 0.29) is 18.8 Å². The van der Waals surface area contributed by atoms with Gasteiger partial charge in [-0.3, -0.25) is 9.78 Å². The molecule has 0 radical (unpaired) electrons. The molecular weight excluding hydrogens is 408 g/mol. The molecule has 1 N–H and O–H groups in total. The number of fused-ring (bicyclic) bond motifs is 1. The van der Waals surface area contributed by atoms with E-state index in [1.165, 1.54) is 0 Å². The van der Waals surface area contributed by atoms with Crippen LogP contribution >= 0.6 is 11.6 Å². The Kier molecular flexibility index (Phi) is 6.12. The molecule has 2 aromatic heterocycles. The first-order valence-corrected chi connectivity index (χ1v) is 10.6. The van der Waals surface area contributed by atoms with Crippen molar-refractivity contribution in [1.29, 1.82) is 0 Å². The molecule has 4 rings (SSSR count). The van der Waals surface area contributed by atoms with E-state index in [9.17, 15) is 4.79 Å². The molecule has 0 atom stereocenters. The monoisotopic (exact) mass is 430 g/mol. The van der Waals surface area contributed by atoms with Crippen LogP contribution < -0.4 is 0 Å². The molecule has 0 aliphatic heterocycles. The lowest BCUT2D eigenvalue weighted by molar-refractivity contribution is 0.0967. The number of carbonyl (C=O) groups is 1. The Balaban J connectivity index is 2.05. The molecule has 4 aromatic rings. The highest BCUT2D eigenvalue weighted by atomic mass is 35.5. The fourth-order valence-corrected chi connectivity index (χ4v) is 4.36. The van der Waals surface area contributed by atoms with Crippen LogP contribution in [0.1, 0.15) is 34.5 Å². The molecule has 0 amide bonds. The van der Waals surface area contributed by atoms with Crippen molar-refractivity contribution in [3.05, 3.63) is 82.8 Å². The van der Waals surface area contributed by atoms with Crippen LogP contribution in [0.2, 0.25) is 5.02 Å². The number of nitrogens with zero attached hydrogens (tertiary/aromatic N) is 2. The average Bonchev–Trinajstić information content (AvgIpc) is 2.77. The maximum Gasteiger partial charge on any atom is 0.181 e. The molecule has 4 nitrogen and oxygen atoms in total. The number of hydrogen-bond acceptors (Lipinski definition) is 4. The van der Waals surface area contributed by atoms with Crippen LogP contribution in [0.5, 0.6) is 0 Å². The van der Waals surface area contributed by atoms with Gasteiger partial charge in [-0.2, -0.15) is 0 Å². The fraction of sp³-hybridized carbons (Fsp3) is 0.192. The predicted molar refractivity (Wildman–Crippen MR) is 126 cm³/mol. The Bertz CT molecular complexity index is 1270. The van der Waals surface area contributed by atoms with E-state index in [0.29, 0.717) is 17.1 Å². The smallest absolute Gasteiger partial charge is 0.181 e. The normalized spacial score (nSPS) is 11.1. The largest absolute Gasteiger partial charge is 0.396 e. The number of aromatic nitrogens is 2. The SMILES string of the molecule is Cc1cc2nc(C(=O)CCCO)cc(-c3ccccc3Cl)c2c(C)c1-c1ccncc1. The van der Waals surface area contributed by atoms with Crippen molar-refractivity contribution in [3.8, 4) is 22.3 Å². The molecule has 2 heterocycles. The first-order valence-electron chi connectivity index (χ1n) is 10.3. The standard InChI is InChI=1S/C26H23ClN2O2/c1-16-14-23-26(17(2)25(16)18-9-11-28-12-10-18)20(19-6-3-4-7-21(19)27)15-22(29-23)24(31)8-5-13-30/h3-4,6-7,9-12,14-15,30H,5,8,13H2,1-2H3. The van der Waals surface area contributed by atoms with Crippen molar-refractivity contribution in [2.45, 2.75) is 26.7 Å². The van der Waals surface area contributed by atoms with Gasteiger partial charge in [0.1, 0.15) is 5.69 Å². The van der Waals surface area contributed by atoms with Crippen LogP contribution in [0, 0.1) is 13.8 Å². The summed E-state index contributed by atoms with van der Waals surface area (Å²) < 4.78 is 0. The number of carbonyl (C=O) groups excluding carboxylic acids is 1. The number of Topliss-reactive ketones (excluding diaryl/α,β-unsaturated/α-hetero) is 1. The van der Waals surface area contributed by atoms with E-state index in [2.05, 4.69) is 18.8 Å². The lowest BCUT2D eigenvalue weighted by Gasteiger charge is -2.18. The quantitative estimate of drug-likeness (QED) is 0.370. The molecule has 5 heteroatoms. The van der Waals surface area contributed by atoms with E-state index < -0.39 is 0 Å². The van der Waals surface area contributed by atoms with E-state index in [1.807, 2.05) is 48.5 Å². The van der Waals surface area contributed by atoms with Gasteiger partial charge < -0.3 is 5.11 Å². The van der Waals surface area contributed by atoms with Gasteiger partial charge in [0, 0.05) is 41.4 Å². The maximum absolute atomic E-state index is 12.8. The Hall–Kier alpha value is -3.08.